The standard InChI is InChI=1S/C11H11NO.Na.H/c13-10-5-4-8-2-1-3-9-6-7-12(10)11(8)9;;/h1-3H,4-7H2;;/q;+1;-1. The van der Waals surface area contributed by atoms with E-state index >= 15 is 0 Å². The Hall–Kier alpha value is -0.310. The summed E-state index contributed by atoms with van der Waals surface area (Å²) in [7, 11) is 0. The Balaban J connectivity index is 0.000000562. The van der Waals surface area contributed by atoms with Gasteiger partial charge in [-0.25, -0.2) is 0 Å². The van der Waals surface area contributed by atoms with Crippen LogP contribution in [0.4, 0.5) is 5.69 Å². The third-order valence-electron chi connectivity index (χ3n) is 2.99. The van der Waals surface area contributed by atoms with E-state index in [9.17, 15) is 4.79 Å². The molecule has 14 heavy (non-hydrogen) atoms. The molecule has 68 valence electrons. The third-order valence-corrected chi connectivity index (χ3v) is 2.99. The number of amides is 1. The molecule has 3 rings (SSSR count). The molecule has 1 aromatic carbocycles. The maximum absolute atomic E-state index is 11.5. The third kappa shape index (κ3) is 1.33. The minimum Gasteiger partial charge on any atom is -1.00 e. The van der Waals surface area contributed by atoms with Gasteiger partial charge >= 0.3 is 29.6 Å². The first-order valence-corrected chi connectivity index (χ1v) is 4.77. The van der Waals surface area contributed by atoms with Crippen LogP contribution in [0.15, 0.2) is 18.2 Å². The quantitative estimate of drug-likeness (QED) is 0.470. The maximum Gasteiger partial charge on any atom is 1.00 e. The van der Waals surface area contributed by atoms with Gasteiger partial charge in [-0.05, 0) is 24.0 Å². The van der Waals surface area contributed by atoms with Crippen LogP contribution >= 0.6 is 0 Å². The fourth-order valence-corrected chi connectivity index (χ4v) is 2.36. The zero-order chi connectivity index (χ0) is 8.84. The summed E-state index contributed by atoms with van der Waals surface area (Å²) in [6.07, 6.45) is 2.66. The second-order valence-electron chi connectivity index (χ2n) is 3.72. The van der Waals surface area contributed by atoms with Crippen molar-refractivity contribution in [1.82, 2.24) is 0 Å². The second kappa shape index (κ2) is 3.69. The van der Waals surface area contributed by atoms with E-state index in [2.05, 4.69) is 18.2 Å². The van der Waals surface area contributed by atoms with Crippen LogP contribution in [-0.4, -0.2) is 12.5 Å². The van der Waals surface area contributed by atoms with E-state index in [1.165, 1.54) is 16.8 Å². The first kappa shape index (κ1) is 10.2. The van der Waals surface area contributed by atoms with Gasteiger partial charge < -0.3 is 6.33 Å². The van der Waals surface area contributed by atoms with Gasteiger partial charge in [0.05, 0.1) is 5.69 Å². The first-order valence-electron chi connectivity index (χ1n) is 4.77. The molecule has 2 aliphatic rings. The molecule has 0 atom stereocenters. The Kier molecular flexibility index (Phi) is 2.69. The molecular weight excluding hydrogens is 185 g/mol. The Labute approximate surface area is 107 Å². The Morgan fingerprint density at radius 1 is 1.14 bits per heavy atom. The summed E-state index contributed by atoms with van der Waals surface area (Å²) in [5, 5.41) is 0. The Morgan fingerprint density at radius 3 is 2.64 bits per heavy atom. The number of para-hydroxylation sites is 1. The first-order chi connectivity index (χ1) is 6.36. The predicted octanol–water partition coefficient (Wildman–Crippen LogP) is -1.36. The van der Waals surface area contributed by atoms with Crippen molar-refractivity contribution >= 4 is 11.6 Å². The Morgan fingerprint density at radius 2 is 1.86 bits per heavy atom. The van der Waals surface area contributed by atoms with Crippen LogP contribution in [0.1, 0.15) is 19.0 Å². The number of benzene rings is 1. The molecule has 2 nitrogen and oxygen atoms in total. The normalized spacial score (nSPS) is 17.7. The zero-order valence-corrected chi connectivity index (χ0v) is 10.4. The number of hydrogen-bond donors (Lipinski definition) is 0. The molecule has 1 aromatic rings. The summed E-state index contributed by atoms with van der Waals surface area (Å²) in [5.74, 6) is 0.303. The molecule has 2 aliphatic heterocycles. The van der Waals surface area contributed by atoms with Crippen molar-refractivity contribution in [2.45, 2.75) is 19.3 Å². The van der Waals surface area contributed by atoms with Crippen LogP contribution < -0.4 is 34.5 Å². The minimum absolute atomic E-state index is 0. The maximum atomic E-state index is 11.5. The smallest absolute Gasteiger partial charge is 1.00 e. The number of anilines is 1. The van der Waals surface area contributed by atoms with Crippen LogP contribution in [0.5, 0.6) is 0 Å². The molecule has 0 saturated carbocycles. The molecule has 0 spiro atoms. The number of aryl methyl sites for hydroxylation is 1. The number of nitrogens with zero attached hydrogens (tertiary/aromatic N) is 1. The fraction of sp³-hybridized carbons (Fsp3) is 0.364. The topological polar surface area (TPSA) is 20.3 Å². The Bertz CT molecular complexity index is 394. The molecule has 0 saturated heterocycles. The number of rotatable bonds is 0. The van der Waals surface area contributed by atoms with Crippen LogP contribution in [0.2, 0.25) is 0 Å². The number of carbonyl (C=O) groups excluding carboxylic acids is 1. The van der Waals surface area contributed by atoms with Crippen molar-refractivity contribution in [3.63, 3.8) is 0 Å². The van der Waals surface area contributed by atoms with Gasteiger partial charge in [-0.2, -0.15) is 0 Å². The van der Waals surface area contributed by atoms with Gasteiger partial charge in [-0.15, -0.1) is 0 Å². The molecule has 1 amide bonds. The second-order valence-corrected chi connectivity index (χ2v) is 3.72. The van der Waals surface area contributed by atoms with E-state index in [0.29, 0.717) is 12.3 Å². The molecule has 0 aromatic heterocycles. The SMILES string of the molecule is O=C1CCc2cccc3c2N1CC3.[H-].[Na+]. The van der Waals surface area contributed by atoms with Crippen LogP contribution in [-0.2, 0) is 17.6 Å². The monoisotopic (exact) mass is 197 g/mol. The molecule has 0 unspecified atom stereocenters. The average Bonchev–Trinajstić information content (AvgIpc) is 2.57. The van der Waals surface area contributed by atoms with Crippen molar-refractivity contribution in [3.8, 4) is 0 Å². The largest absolute Gasteiger partial charge is 1.00 e. The van der Waals surface area contributed by atoms with Gasteiger partial charge in [0.15, 0.2) is 0 Å². The van der Waals surface area contributed by atoms with Gasteiger partial charge in [0, 0.05) is 13.0 Å². The van der Waals surface area contributed by atoms with E-state index in [1.807, 2.05) is 4.90 Å². The molecular formula is C11H12NNaO. The molecule has 0 radical (unpaired) electrons. The number of carbonyl (C=O) groups is 1. The fourth-order valence-electron chi connectivity index (χ4n) is 2.36. The van der Waals surface area contributed by atoms with Crippen molar-refractivity contribution in [3.05, 3.63) is 29.3 Å². The minimum atomic E-state index is 0. The molecule has 0 fully saturated rings. The van der Waals surface area contributed by atoms with Crippen LogP contribution in [0, 0.1) is 0 Å². The van der Waals surface area contributed by atoms with Gasteiger partial charge in [0.1, 0.15) is 0 Å². The molecule has 0 aliphatic carbocycles. The summed E-state index contributed by atoms with van der Waals surface area (Å²) in [6, 6.07) is 6.38. The summed E-state index contributed by atoms with van der Waals surface area (Å²) in [4.78, 5) is 13.5. The van der Waals surface area contributed by atoms with E-state index in [4.69, 9.17) is 0 Å². The van der Waals surface area contributed by atoms with Gasteiger partial charge in [0.2, 0.25) is 5.91 Å². The van der Waals surface area contributed by atoms with E-state index in [1.54, 1.807) is 0 Å². The van der Waals surface area contributed by atoms with Gasteiger partial charge in [-0.3, -0.25) is 4.79 Å². The van der Waals surface area contributed by atoms with E-state index in [-0.39, 0.29) is 31.0 Å². The zero-order valence-electron chi connectivity index (χ0n) is 9.42. The van der Waals surface area contributed by atoms with E-state index < -0.39 is 0 Å². The van der Waals surface area contributed by atoms with Crippen LogP contribution in [0.25, 0.3) is 0 Å². The molecule has 2 heterocycles. The van der Waals surface area contributed by atoms with Crippen molar-refractivity contribution in [1.29, 1.82) is 0 Å². The molecule has 0 bridgehead atoms. The summed E-state index contributed by atoms with van der Waals surface area (Å²) in [5.41, 5.74) is 3.93. The number of hydrogen-bond acceptors (Lipinski definition) is 1. The van der Waals surface area contributed by atoms with Gasteiger partial charge in [-0.1, -0.05) is 18.2 Å². The predicted molar refractivity (Wildman–Crippen MR) is 51.9 cm³/mol. The van der Waals surface area contributed by atoms with Crippen molar-refractivity contribution in [2.75, 3.05) is 11.4 Å². The summed E-state index contributed by atoms with van der Waals surface area (Å²) in [6.45, 7) is 0.894. The molecule has 0 N–H and O–H groups in total. The average molecular weight is 197 g/mol. The molecule has 3 heteroatoms. The van der Waals surface area contributed by atoms with Crippen molar-refractivity contribution in [2.24, 2.45) is 0 Å². The summed E-state index contributed by atoms with van der Waals surface area (Å²) < 4.78 is 0. The van der Waals surface area contributed by atoms with Gasteiger partial charge in [0.25, 0.3) is 0 Å². The van der Waals surface area contributed by atoms with E-state index in [0.717, 1.165) is 19.4 Å². The van der Waals surface area contributed by atoms with Crippen LogP contribution in [0.3, 0.4) is 0 Å². The summed E-state index contributed by atoms with van der Waals surface area (Å²) >= 11 is 0. The van der Waals surface area contributed by atoms with Crippen molar-refractivity contribution < 1.29 is 35.8 Å².